The molecule has 0 saturated carbocycles. The number of amides is 2. The van der Waals surface area contributed by atoms with Gasteiger partial charge in [-0.1, -0.05) is 13.8 Å². The van der Waals surface area contributed by atoms with Gasteiger partial charge in [0, 0.05) is 32.0 Å². The van der Waals surface area contributed by atoms with Gasteiger partial charge in [0.2, 0.25) is 10.0 Å². The van der Waals surface area contributed by atoms with E-state index in [0.717, 1.165) is 0 Å². The molecular formula is C22H32N4O6S. The molecule has 2 N–H and O–H groups in total. The third-order valence-electron chi connectivity index (χ3n) is 4.65. The van der Waals surface area contributed by atoms with Crippen molar-refractivity contribution in [2.24, 2.45) is 7.05 Å². The highest BCUT2D eigenvalue weighted by Gasteiger charge is 2.25. The van der Waals surface area contributed by atoms with E-state index in [0.29, 0.717) is 30.2 Å². The highest BCUT2D eigenvalue weighted by Crippen LogP contribution is 2.29. The predicted octanol–water partition coefficient (Wildman–Crippen LogP) is 3.66. The van der Waals surface area contributed by atoms with Crippen LogP contribution in [0.15, 0.2) is 35.4 Å². The number of anilines is 2. The van der Waals surface area contributed by atoms with Crippen LogP contribution in [-0.2, 0) is 21.8 Å². The highest BCUT2D eigenvalue weighted by molar-refractivity contribution is 7.89. The summed E-state index contributed by atoms with van der Waals surface area (Å²) in [6.45, 7) is 9.40. The van der Waals surface area contributed by atoms with Crippen molar-refractivity contribution >= 4 is 33.4 Å². The van der Waals surface area contributed by atoms with Crippen LogP contribution in [-0.4, -0.2) is 55.1 Å². The van der Waals surface area contributed by atoms with Crippen LogP contribution in [0, 0.1) is 0 Å². The normalized spacial score (nSPS) is 11.9. The standard InChI is InChI=1S/C22H32N4O6S/c1-8-26(9-2)33(29,30)16-13-18(25(6)14-16)20(27)23-15-10-11-19(31-7)17(12-15)24-21(28)32-22(3,4)5/h10-14H,8-9H2,1-7H3,(H,23,27)(H,24,28). The van der Waals surface area contributed by atoms with Gasteiger partial charge in [-0.3, -0.25) is 10.1 Å². The zero-order valence-corrected chi connectivity index (χ0v) is 20.9. The van der Waals surface area contributed by atoms with Crippen molar-refractivity contribution in [3.05, 3.63) is 36.2 Å². The molecule has 182 valence electrons. The van der Waals surface area contributed by atoms with Gasteiger partial charge < -0.3 is 19.4 Å². The molecule has 0 unspecified atom stereocenters. The van der Waals surface area contributed by atoms with Gasteiger partial charge in [0.1, 0.15) is 21.9 Å². The fourth-order valence-electron chi connectivity index (χ4n) is 3.11. The van der Waals surface area contributed by atoms with Crippen molar-refractivity contribution in [3.8, 4) is 5.75 Å². The maximum absolute atomic E-state index is 12.9. The molecule has 33 heavy (non-hydrogen) atoms. The van der Waals surface area contributed by atoms with Gasteiger partial charge in [0.05, 0.1) is 12.8 Å². The summed E-state index contributed by atoms with van der Waals surface area (Å²) in [5.41, 5.74) is 0.166. The van der Waals surface area contributed by atoms with Crippen LogP contribution < -0.4 is 15.4 Å². The molecule has 0 aliphatic heterocycles. The van der Waals surface area contributed by atoms with Crippen molar-refractivity contribution in [1.82, 2.24) is 8.87 Å². The number of nitrogens with zero attached hydrogens (tertiary/aromatic N) is 2. The summed E-state index contributed by atoms with van der Waals surface area (Å²) in [7, 11) is -0.648. The second-order valence-corrected chi connectivity index (χ2v) is 10.2. The number of carbonyl (C=O) groups is 2. The Kier molecular flexibility index (Phi) is 8.15. The molecule has 0 atom stereocenters. The Morgan fingerprint density at radius 3 is 2.27 bits per heavy atom. The number of hydrogen-bond acceptors (Lipinski definition) is 6. The van der Waals surface area contributed by atoms with Crippen molar-refractivity contribution < 1.29 is 27.5 Å². The first-order chi connectivity index (χ1) is 15.3. The number of hydrogen-bond donors (Lipinski definition) is 2. The van der Waals surface area contributed by atoms with E-state index in [-0.39, 0.29) is 10.6 Å². The van der Waals surface area contributed by atoms with Gasteiger partial charge in [-0.15, -0.1) is 0 Å². The number of aromatic nitrogens is 1. The number of nitrogens with one attached hydrogen (secondary N) is 2. The molecule has 1 heterocycles. The van der Waals surface area contributed by atoms with Gasteiger partial charge in [-0.05, 0) is 45.0 Å². The van der Waals surface area contributed by atoms with Crippen molar-refractivity contribution in [3.63, 3.8) is 0 Å². The molecule has 2 aromatic rings. The molecule has 10 nitrogen and oxygen atoms in total. The van der Waals surface area contributed by atoms with Gasteiger partial charge in [0.25, 0.3) is 5.91 Å². The Hall–Kier alpha value is -3.05. The van der Waals surface area contributed by atoms with E-state index in [4.69, 9.17) is 9.47 Å². The summed E-state index contributed by atoms with van der Waals surface area (Å²) in [6.07, 6.45) is 0.740. The monoisotopic (exact) mass is 480 g/mol. The molecule has 2 rings (SSSR count). The first-order valence-corrected chi connectivity index (χ1v) is 11.9. The maximum Gasteiger partial charge on any atom is 0.412 e. The quantitative estimate of drug-likeness (QED) is 0.595. The fraction of sp³-hybridized carbons (Fsp3) is 0.455. The third kappa shape index (κ3) is 6.48. The van der Waals surface area contributed by atoms with Crippen LogP contribution in [0.4, 0.5) is 16.2 Å². The van der Waals surface area contributed by atoms with Crippen LogP contribution >= 0.6 is 0 Å². The van der Waals surface area contributed by atoms with Crippen molar-refractivity contribution in [2.75, 3.05) is 30.8 Å². The van der Waals surface area contributed by atoms with E-state index in [1.807, 2.05) is 0 Å². The van der Waals surface area contributed by atoms with Gasteiger partial charge in [-0.2, -0.15) is 4.31 Å². The molecule has 2 amide bonds. The Bertz CT molecular complexity index is 1110. The van der Waals surface area contributed by atoms with E-state index in [2.05, 4.69) is 10.6 Å². The van der Waals surface area contributed by atoms with E-state index < -0.39 is 27.6 Å². The number of sulfonamides is 1. The summed E-state index contributed by atoms with van der Waals surface area (Å²) >= 11 is 0. The molecule has 0 saturated heterocycles. The van der Waals surface area contributed by atoms with E-state index in [1.165, 1.54) is 34.3 Å². The lowest BCUT2D eigenvalue weighted by atomic mass is 10.2. The number of benzene rings is 1. The zero-order valence-electron chi connectivity index (χ0n) is 20.1. The summed E-state index contributed by atoms with van der Waals surface area (Å²) < 4.78 is 38.8. The molecule has 0 spiro atoms. The molecule has 1 aromatic heterocycles. The van der Waals surface area contributed by atoms with Gasteiger partial charge in [-0.25, -0.2) is 13.2 Å². The smallest absolute Gasteiger partial charge is 0.412 e. The second-order valence-electron chi connectivity index (χ2n) is 8.26. The average molecular weight is 481 g/mol. The topological polar surface area (TPSA) is 119 Å². The fourth-order valence-corrected chi connectivity index (χ4v) is 4.64. The number of aryl methyl sites for hydroxylation is 1. The Balaban J connectivity index is 2.27. The molecule has 0 fully saturated rings. The molecule has 0 bridgehead atoms. The zero-order chi connectivity index (χ0) is 25.0. The van der Waals surface area contributed by atoms with Crippen LogP contribution in [0.1, 0.15) is 45.1 Å². The van der Waals surface area contributed by atoms with Crippen molar-refractivity contribution in [1.29, 1.82) is 0 Å². The third-order valence-corrected chi connectivity index (χ3v) is 6.66. The van der Waals surface area contributed by atoms with Crippen LogP contribution in [0.25, 0.3) is 0 Å². The minimum absolute atomic E-state index is 0.0425. The number of ether oxygens (including phenoxy) is 2. The predicted molar refractivity (Wildman–Crippen MR) is 126 cm³/mol. The molecule has 11 heteroatoms. The SMILES string of the molecule is CCN(CC)S(=O)(=O)c1cc(C(=O)Nc2ccc(OC)c(NC(=O)OC(C)(C)C)c2)n(C)c1. The highest BCUT2D eigenvalue weighted by atomic mass is 32.2. The summed E-state index contributed by atoms with van der Waals surface area (Å²) in [6, 6.07) is 6.06. The lowest BCUT2D eigenvalue weighted by Crippen LogP contribution is -2.30. The van der Waals surface area contributed by atoms with Crippen LogP contribution in [0.5, 0.6) is 5.75 Å². The van der Waals surface area contributed by atoms with Crippen LogP contribution in [0.2, 0.25) is 0 Å². The Morgan fingerprint density at radius 1 is 1.09 bits per heavy atom. The Labute approximate surface area is 194 Å². The molecule has 0 aliphatic rings. The average Bonchev–Trinajstić information content (AvgIpc) is 3.10. The van der Waals surface area contributed by atoms with E-state index in [9.17, 15) is 18.0 Å². The summed E-state index contributed by atoms with van der Waals surface area (Å²) in [5, 5.41) is 5.32. The van der Waals surface area contributed by atoms with Crippen molar-refractivity contribution in [2.45, 2.75) is 45.1 Å². The van der Waals surface area contributed by atoms with E-state index in [1.54, 1.807) is 53.8 Å². The number of carbonyl (C=O) groups excluding carboxylic acids is 2. The molecular weight excluding hydrogens is 448 g/mol. The lowest BCUT2D eigenvalue weighted by molar-refractivity contribution is 0.0635. The minimum Gasteiger partial charge on any atom is -0.495 e. The molecule has 0 aliphatic carbocycles. The molecule has 0 radical (unpaired) electrons. The summed E-state index contributed by atoms with van der Waals surface area (Å²) in [4.78, 5) is 25.1. The Morgan fingerprint density at radius 2 is 1.73 bits per heavy atom. The largest absolute Gasteiger partial charge is 0.495 e. The van der Waals surface area contributed by atoms with E-state index >= 15 is 0 Å². The summed E-state index contributed by atoms with van der Waals surface area (Å²) in [5.74, 6) is -0.128. The first kappa shape index (κ1) is 26.2. The molecule has 1 aromatic carbocycles. The van der Waals surface area contributed by atoms with Gasteiger partial charge >= 0.3 is 6.09 Å². The first-order valence-electron chi connectivity index (χ1n) is 10.5. The second kappa shape index (κ2) is 10.3. The number of methoxy groups -OCH3 is 1. The minimum atomic E-state index is -3.70. The lowest BCUT2D eigenvalue weighted by Gasteiger charge is -2.20. The van der Waals surface area contributed by atoms with Crippen LogP contribution in [0.3, 0.4) is 0 Å². The maximum atomic E-state index is 12.9. The number of rotatable bonds is 8. The van der Waals surface area contributed by atoms with Gasteiger partial charge in [0.15, 0.2) is 0 Å².